The quantitative estimate of drug-likeness (QED) is 0.0482. The van der Waals surface area contributed by atoms with E-state index < -0.39 is 12.1 Å². The summed E-state index contributed by atoms with van der Waals surface area (Å²) in [6.07, 6.45) is 21.9. The van der Waals surface area contributed by atoms with Crippen LogP contribution in [-0.2, 0) is 24.0 Å². The van der Waals surface area contributed by atoms with Gasteiger partial charge in [-0.15, -0.1) is 0 Å². The first kappa shape index (κ1) is 49.6. The highest BCUT2D eigenvalue weighted by Gasteiger charge is 2.25. The Bertz CT molecular complexity index is 946. The Morgan fingerprint density at radius 2 is 0.846 bits per heavy atom. The molecule has 0 radical (unpaired) electrons. The van der Waals surface area contributed by atoms with Gasteiger partial charge in [-0.3, -0.25) is 24.0 Å². The number of rotatable bonds is 35. The topological polar surface area (TPSA) is 133 Å². The summed E-state index contributed by atoms with van der Waals surface area (Å²) >= 11 is 0. The van der Waals surface area contributed by atoms with E-state index in [1.165, 1.54) is 51.9 Å². The maximum atomic E-state index is 13.4. The Labute approximate surface area is 319 Å². The number of ketones is 1. The van der Waals surface area contributed by atoms with Crippen LogP contribution in [0.5, 0.6) is 0 Å². The van der Waals surface area contributed by atoms with E-state index in [-0.39, 0.29) is 29.4 Å². The lowest BCUT2D eigenvalue weighted by Gasteiger charge is -2.22. The Morgan fingerprint density at radius 1 is 0.442 bits per heavy atom. The molecule has 0 spiro atoms. The number of hydrogen-bond acceptors (Lipinski definition) is 5. The van der Waals surface area contributed by atoms with Crippen LogP contribution in [0.2, 0.25) is 0 Å². The molecule has 2 unspecified atom stereocenters. The lowest BCUT2D eigenvalue weighted by Crippen LogP contribution is -2.51. The molecule has 0 aliphatic carbocycles. The highest BCUT2D eigenvalue weighted by Crippen LogP contribution is 2.22. The fourth-order valence-electron chi connectivity index (χ4n) is 6.58. The molecule has 0 heterocycles. The maximum Gasteiger partial charge on any atom is 0.243 e. The van der Waals surface area contributed by atoms with E-state index in [4.69, 9.17) is 0 Å². The number of nitrogens with one attached hydrogen (secondary N) is 4. The van der Waals surface area contributed by atoms with Crippen molar-refractivity contribution in [3.05, 3.63) is 0 Å². The molecule has 0 aromatic heterocycles. The van der Waals surface area contributed by atoms with Crippen molar-refractivity contribution in [2.75, 3.05) is 13.1 Å². The third-order valence-electron chi connectivity index (χ3n) is 10.0. The molecule has 0 aromatic carbocycles. The van der Waals surface area contributed by atoms with Crippen LogP contribution in [0.1, 0.15) is 203 Å². The zero-order valence-corrected chi connectivity index (χ0v) is 34.8. The minimum absolute atomic E-state index is 0.0561. The van der Waals surface area contributed by atoms with Crippen molar-refractivity contribution < 1.29 is 24.0 Å². The fourth-order valence-corrected chi connectivity index (χ4v) is 6.58. The molecule has 0 saturated heterocycles. The molecule has 0 aliphatic heterocycles. The normalized spacial score (nSPS) is 12.6. The van der Waals surface area contributed by atoms with Gasteiger partial charge in [0.2, 0.25) is 23.6 Å². The lowest BCUT2D eigenvalue weighted by molar-refractivity contribution is -0.131. The minimum Gasteiger partial charge on any atom is -0.356 e. The Hall–Kier alpha value is -2.45. The predicted molar refractivity (Wildman–Crippen MR) is 216 cm³/mol. The second-order valence-corrected chi connectivity index (χ2v) is 16.2. The van der Waals surface area contributed by atoms with Gasteiger partial charge in [-0.2, -0.15) is 0 Å². The predicted octanol–water partition coefficient (Wildman–Crippen LogP) is 9.11. The summed E-state index contributed by atoms with van der Waals surface area (Å²) in [5, 5.41) is 11.8. The molecule has 0 aromatic rings. The van der Waals surface area contributed by atoms with Crippen molar-refractivity contribution in [1.82, 2.24) is 21.3 Å². The van der Waals surface area contributed by atoms with E-state index in [1.807, 2.05) is 0 Å². The van der Waals surface area contributed by atoms with Gasteiger partial charge in [0, 0.05) is 32.4 Å². The van der Waals surface area contributed by atoms with Gasteiger partial charge in [-0.05, 0) is 82.5 Å². The van der Waals surface area contributed by atoms with Gasteiger partial charge in [0.05, 0.1) is 6.04 Å². The number of hydrogen-bond donors (Lipinski definition) is 4. The SMILES string of the molecule is CCCCC(CCCC)CCCCC(=O)NCCCCC(NC(=O)C(CCCCNC(=O)CCCCC(C)C)NC(=O)CCCCC(C)C)C(C)=O. The zero-order valence-electron chi connectivity index (χ0n) is 34.8. The Morgan fingerprint density at radius 3 is 1.29 bits per heavy atom. The number of Topliss-reactive ketones (excluding diaryl/α,β-unsaturated/α-hetero) is 1. The summed E-state index contributed by atoms with van der Waals surface area (Å²) in [7, 11) is 0. The average molecular weight is 735 g/mol. The first-order valence-electron chi connectivity index (χ1n) is 21.5. The largest absolute Gasteiger partial charge is 0.356 e. The van der Waals surface area contributed by atoms with E-state index >= 15 is 0 Å². The van der Waals surface area contributed by atoms with Crippen LogP contribution < -0.4 is 21.3 Å². The molecule has 0 saturated carbocycles. The van der Waals surface area contributed by atoms with E-state index in [0.29, 0.717) is 76.3 Å². The summed E-state index contributed by atoms with van der Waals surface area (Å²) < 4.78 is 0. The van der Waals surface area contributed by atoms with Crippen molar-refractivity contribution in [3.8, 4) is 0 Å². The first-order valence-corrected chi connectivity index (χ1v) is 21.5. The molecule has 4 amide bonds. The van der Waals surface area contributed by atoms with Gasteiger partial charge < -0.3 is 21.3 Å². The summed E-state index contributed by atoms with van der Waals surface area (Å²) in [5.74, 6) is 1.54. The first-order chi connectivity index (χ1) is 24.9. The smallest absolute Gasteiger partial charge is 0.243 e. The van der Waals surface area contributed by atoms with Crippen LogP contribution in [0, 0.1) is 17.8 Å². The van der Waals surface area contributed by atoms with Gasteiger partial charge in [0.1, 0.15) is 6.04 Å². The highest BCUT2D eigenvalue weighted by molar-refractivity contribution is 5.92. The van der Waals surface area contributed by atoms with Crippen LogP contribution in [0.3, 0.4) is 0 Å². The van der Waals surface area contributed by atoms with E-state index in [0.717, 1.165) is 63.7 Å². The van der Waals surface area contributed by atoms with Gasteiger partial charge in [0.15, 0.2) is 5.78 Å². The van der Waals surface area contributed by atoms with E-state index in [9.17, 15) is 24.0 Å². The monoisotopic (exact) mass is 735 g/mol. The molecule has 2 atom stereocenters. The molecule has 9 nitrogen and oxygen atoms in total. The molecular weight excluding hydrogens is 652 g/mol. The Balaban J connectivity index is 4.76. The van der Waals surface area contributed by atoms with Crippen molar-refractivity contribution in [3.63, 3.8) is 0 Å². The van der Waals surface area contributed by atoms with Gasteiger partial charge in [-0.25, -0.2) is 0 Å². The molecule has 0 rings (SSSR count). The standard InChI is InChI=1S/C43H82N4O5/c1-8-10-24-37(25-11-9-2)26-14-17-30-41(50)44-32-20-18-27-38(36(7)48)47-43(52)39(46-42(51)31-16-13-23-35(5)6)28-19-21-33-45-40(49)29-15-12-22-34(3)4/h34-35,37-39H,8-33H2,1-7H3,(H,44,50)(H,45,49)(H,46,51)(H,47,52). The van der Waals surface area contributed by atoms with Crippen LogP contribution in [0.15, 0.2) is 0 Å². The molecule has 304 valence electrons. The maximum absolute atomic E-state index is 13.4. The molecule has 9 heteroatoms. The van der Waals surface area contributed by atoms with Crippen LogP contribution >= 0.6 is 0 Å². The van der Waals surface area contributed by atoms with Crippen molar-refractivity contribution in [2.24, 2.45) is 17.8 Å². The molecule has 4 N–H and O–H groups in total. The fraction of sp³-hybridized carbons (Fsp3) is 0.884. The molecule has 0 bridgehead atoms. The third kappa shape index (κ3) is 30.1. The number of unbranched alkanes of at least 4 members (excludes halogenated alkanes) is 7. The van der Waals surface area contributed by atoms with Crippen LogP contribution in [-0.4, -0.2) is 54.6 Å². The average Bonchev–Trinajstić information content (AvgIpc) is 3.09. The Kier molecular flexibility index (Phi) is 31.6. The highest BCUT2D eigenvalue weighted by atomic mass is 16.2. The summed E-state index contributed by atoms with van der Waals surface area (Å²) in [6.45, 7) is 15.8. The van der Waals surface area contributed by atoms with Crippen molar-refractivity contribution in [2.45, 2.75) is 215 Å². The van der Waals surface area contributed by atoms with Crippen molar-refractivity contribution in [1.29, 1.82) is 0 Å². The van der Waals surface area contributed by atoms with E-state index in [2.05, 4.69) is 62.8 Å². The minimum atomic E-state index is -0.737. The van der Waals surface area contributed by atoms with Crippen LogP contribution in [0.25, 0.3) is 0 Å². The second-order valence-electron chi connectivity index (χ2n) is 16.2. The molecule has 52 heavy (non-hydrogen) atoms. The van der Waals surface area contributed by atoms with Crippen molar-refractivity contribution >= 4 is 29.4 Å². The van der Waals surface area contributed by atoms with Gasteiger partial charge in [-0.1, -0.05) is 119 Å². The summed E-state index contributed by atoms with van der Waals surface area (Å²) in [4.78, 5) is 63.4. The molecule has 0 fully saturated rings. The number of carbonyl (C=O) groups excluding carboxylic acids is 5. The summed E-state index contributed by atoms with van der Waals surface area (Å²) in [6, 6.07) is -1.38. The van der Waals surface area contributed by atoms with E-state index in [1.54, 1.807) is 0 Å². The number of amides is 4. The second kappa shape index (κ2) is 33.1. The lowest BCUT2D eigenvalue weighted by atomic mass is 9.91. The summed E-state index contributed by atoms with van der Waals surface area (Å²) in [5.41, 5.74) is 0. The number of carbonyl (C=O) groups is 5. The molecule has 0 aliphatic rings. The third-order valence-corrected chi connectivity index (χ3v) is 10.0. The van der Waals surface area contributed by atoms with Gasteiger partial charge >= 0.3 is 0 Å². The van der Waals surface area contributed by atoms with Crippen LogP contribution in [0.4, 0.5) is 0 Å². The zero-order chi connectivity index (χ0) is 39.0. The molecular formula is C43H82N4O5. The van der Waals surface area contributed by atoms with Gasteiger partial charge in [0.25, 0.3) is 0 Å².